The van der Waals surface area contributed by atoms with E-state index in [0.29, 0.717) is 6.42 Å². The number of nitrogens with one attached hydrogen (secondary N) is 1. The van der Waals surface area contributed by atoms with Gasteiger partial charge in [-0.05, 0) is 5.41 Å². The molecule has 0 fully saturated rings. The van der Waals surface area contributed by atoms with Crippen molar-refractivity contribution in [1.82, 2.24) is 5.32 Å². The van der Waals surface area contributed by atoms with Crippen molar-refractivity contribution in [3.63, 3.8) is 0 Å². The highest BCUT2D eigenvalue weighted by atomic mass is 19.4. The number of aliphatic carboxylic acids is 1. The zero-order chi connectivity index (χ0) is 14.6. The van der Waals surface area contributed by atoms with Crippen LogP contribution in [-0.4, -0.2) is 29.2 Å². The third kappa shape index (κ3) is 6.46. The van der Waals surface area contributed by atoms with E-state index < -0.39 is 35.9 Å². The molecule has 0 aromatic heterocycles. The second kappa shape index (κ2) is 6.06. The van der Waals surface area contributed by atoms with Gasteiger partial charge in [-0.1, -0.05) is 27.2 Å². The first-order valence-corrected chi connectivity index (χ1v) is 5.56. The van der Waals surface area contributed by atoms with Crippen LogP contribution in [0.15, 0.2) is 0 Å². The lowest BCUT2D eigenvalue weighted by molar-refractivity contribution is -0.170. The molecule has 18 heavy (non-hydrogen) atoms. The molecule has 0 aliphatic rings. The molecule has 0 bridgehead atoms. The average Bonchev–Trinajstić information content (AvgIpc) is 2.13. The summed E-state index contributed by atoms with van der Waals surface area (Å²) in [5.41, 5.74) is -0.413. The Labute approximate surface area is 104 Å². The Hall–Kier alpha value is -1.27. The minimum absolute atomic E-state index is 0.0737. The molecule has 0 aliphatic carbocycles. The van der Waals surface area contributed by atoms with Crippen LogP contribution in [0.3, 0.4) is 0 Å². The van der Waals surface area contributed by atoms with Gasteiger partial charge in [-0.15, -0.1) is 0 Å². The summed E-state index contributed by atoms with van der Waals surface area (Å²) in [6.45, 7) is 5.34. The zero-order valence-corrected chi connectivity index (χ0v) is 10.6. The molecule has 1 unspecified atom stereocenters. The van der Waals surface area contributed by atoms with E-state index in [1.54, 1.807) is 19.2 Å². The molecule has 2 N–H and O–H groups in total. The summed E-state index contributed by atoms with van der Waals surface area (Å²) in [4.78, 5) is 21.8. The molecule has 1 amide bonds. The van der Waals surface area contributed by atoms with Crippen LogP contribution in [0.2, 0.25) is 0 Å². The average molecular weight is 269 g/mol. The van der Waals surface area contributed by atoms with Gasteiger partial charge in [0.1, 0.15) is 6.04 Å². The molecule has 4 nitrogen and oxygen atoms in total. The number of alkyl halides is 3. The molecule has 0 spiro atoms. The Morgan fingerprint density at radius 1 is 1.28 bits per heavy atom. The van der Waals surface area contributed by atoms with Gasteiger partial charge in [-0.2, -0.15) is 13.2 Å². The van der Waals surface area contributed by atoms with E-state index in [4.69, 9.17) is 5.11 Å². The van der Waals surface area contributed by atoms with E-state index in [1.807, 2.05) is 6.92 Å². The predicted molar refractivity (Wildman–Crippen MR) is 58.9 cm³/mol. The highest BCUT2D eigenvalue weighted by Gasteiger charge is 2.42. The highest BCUT2D eigenvalue weighted by molar-refractivity contribution is 5.78. The van der Waals surface area contributed by atoms with Gasteiger partial charge in [0.05, 0.1) is 6.42 Å². The molecular weight excluding hydrogens is 251 g/mol. The van der Waals surface area contributed by atoms with Crippen molar-refractivity contribution in [2.24, 2.45) is 5.41 Å². The highest BCUT2D eigenvalue weighted by Crippen LogP contribution is 2.26. The van der Waals surface area contributed by atoms with Crippen molar-refractivity contribution in [3.05, 3.63) is 0 Å². The Morgan fingerprint density at radius 2 is 1.78 bits per heavy atom. The summed E-state index contributed by atoms with van der Waals surface area (Å²) in [5.74, 6) is -2.39. The summed E-state index contributed by atoms with van der Waals surface area (Å²) in [7, 11) is 0. The number of halogens is 3. The van der Waals surface area contributed by atoms with Gasteiger partial charge < -0.3 is 10.4 Å². The largest absolute Gasteiger partial charge is 0.481 e. The Kier molecular flexibility index (Phi) is 5.63. The molecule has 0 radical (unpaired) electrons. The minimum atomic E-state index is -4.76. The summed E-state index contributed by atoms with van der Waals surface area (Å²) in [6.07, 6.45) is -5.36. The molecule has 0 rings (SSSR count). The first-order valence-electron chi connectivity index (χ1n) is 5.56. The lowest BCUT2D eigenvalue weighted by atomic mass is 9.86. The van der Waals surface area contributed by atoms with Crippen LogP contribution >= 0.6 is 0 Å². The lowest BCUT2D eigenvalue weighted by Gasteiger charge is -2.25. The second-order valence-corrected chi connectivity index (χ2v) is 4.95. The van der Waals surface area contributed by atoms with Crippen LogP contribution in [0, 0.1) is 5.41 Å². The van der Waals surface area contributed by atoms with E-state index in [-0.39, 0.29) is 6.42 Å². The summed E-state index contributed by atoms with van der Waals surface area (Å²) >= 11 is 0. The van der Waals surface area contributed by atoms with Crippen LogP contribution in [0.4, 0.5) is 13.2 Å². The number of rotatable bonds is 6. The molecule has 1 atom stereocenters. The van der Waals surface area contributed by atoms with Crippen molar-refractivity contribution >= 4 is 11.9 Å². The number of carboxylic acid groups (broad SMARTS) is 1. The van der Waals surface area contributed by atoms with E-state index in [2.05, 4.69) is 0 Å². The van der Waals surface area contributed by atoms with Gasteiger partial charge in [-0.3, -0.25) is 9.59 Å². The first-order chi connectivity index (χ1) is 7.98. The predicted octanol–water partition coefficient (Wildman–Crippen LogP) is 2.33. The standard InChI is InChI=1S/C11H18F3NO3/c1-4-10(2,3)6-8(16)15-7(5-9(17)18)11(12,13)14/h7H,4-6H2,1-3H3,(H,15,16)(H,17,18). The van der Waals surface area contributed by atoms with Gasteiger partial charge in [0, 0.05) is 6.42 Å². The maximum absolute atomic E-state index is 12.5. The first kappa shape index (κ1) is 16.7. The van der Waals surface area contributed by atoms with Gasteiger partial charge in [0.25, 0.3) is 0 Å². The topological polar surface area (TPSA) is 66.4 Å². The summed E-state index contributed by atoms with van der Waals surface area (Å²) < 4.78 is 37.4. The molecular formula is C11H18F3NO3. The van der Waals surface area contributed by atoms with Crippen LogP contribution in [0.25, 0.3) is 0 Å². The Bertz CT molecular complexity index is 313. The van der Waals surface area contributed by atoms with Crippen molar-refractivity contribution in [3.8, 4) is 0 Å². The summed E-state index contributed by atoms with van der Waals surface area (Å²) in [6, 6.07) is -2.34. The normalized spacial score (nSPS) is 14.1. The molecule has 0 saturated carbocycles. The fourth-order valence-corrected chi connectivity index (χ4v) is 1.23. The third-order valence-corrected chi connectivity index (χ3v) is 2.71. The second-order valence-electron chi connectivity index (χ2n) is 4.95. The number of amides is 1. The zero-order valence-electron chi connectivity index (χ0n) is 10.6. The quantitative estimate of drug-likeness (QED) is 0.777. The number of hydrogen-bond acceptors (Lipinski definition) is 2. The van der Waals surface area contributed by atoms with E-state index in [9.17, 15) is 22.8 Å². The van der Waals surface area contributed by atoms with Crippen LogP contribution < -0.4 is 5.32 Å². The summed E-state index contributed by atoms with van der Waals surface area (Å²) in [5, 5.41) is 10.1. The molecule has 0 heterocycles. The SMILES string of the molecule is CCC(C)(C)CC(=O)NC(CC(=O)O)C(F)(F)F. The van der Waals surface area contributed by atoms with Gasteiger partial charge in [-0.25, -0.2) is 0 Å². The maximum Gasteiger partial charge on any atom is 0.409 e. The molecule has 0 aromatic rings. The van der Waals surface area contributed by atoms with Crippen molar-refractivity contribution < 1.29 is 27.9 Å². The number of carbonyl (C=O) groups excluding carboxylic acids is 1. The van der Waals surface area contributed by atoms with Crippen LogP contribution in [0.5, 0.6) is 0 Å². The van der Waals surface area contributed by atoms with Crippen molar-refractivity contribution in [2.75, 3.05) is 0 Å². The van der Waals surface area contributed by atoms with Crippen molar-refractivity contribution in [2.45, 2.75) is 52.3 Å². The van der Waals surface area contributed by atoms with Gasteiger partial charge >= 0.3 is 12.1 Å². The van der Waals surface area contributed by atoms with E-state index in [0.717, 1.165) is 0 Å². The van der Waals surface area contributed by atoms with E-state index >= 15 is 0 Å². The van der Waals surface area contributed by atoms with Crippen LogP contribution in [-0.2, 0) is 9.59 Å². The van der Waals surface area contributed by atoms with Crippen molar-refractivity contribution in [1.29, 1.82) is 0 Å². The molecule has 7 heteroatoms. The van der Waals surface area contributed by atoms with Gasteiger partial charge in [0.2, 0.25) is 5.91 Å². The molecule has 0 aliphatic heterocycles. The number of carbonyl (C=O) groups is 2. The maximum atomic E-state index is 12.5. The monoisotopic (exact) mass is 269 g/mol. The minimum Gasteiger partial charge on any atom is -0.481 e. The van der Waals surface area contributed by atoms with E-state index in [1.165, 1.54) is 0 Å². The number of carboxylic acids is 1. The molecule has 106 valence electrons. The number of hydrogen-bond donors (Lipinski definition) is 2. The smallest absolute Gasteiger partial charge is 0.409 e. The fourth-order valence-electron chi connectivity index (χ4n) is 1.23. The fraction of sp³-hybridized carbons (Fsp3) is 0.818. The Morgan fingerprint density at radius 3 is 2.11 bits per heavy atom. The van der Waals surface area contributed by atoms with Crippen LogP contribution in [0.1, 0.15) is 40.0 Å². The third-order valence-electron chi connectivity index (χ3n) is 2.71. The van der Waals surface area contributed by atoms with Gasteiger partial charge in [0.15, 0.2) is 0 Å². The molecule has 0 saturated heterocycles. The Balaban J connectivity index is 4.60. The molecule has 0 aromatic carbocycles. The lowest BCUT2D eigenvalue weighted by Crippen LogP contribution is -2.47.